The highest BCUT2D eigenvalue weighted by Gasteiger charge is 2.18. The van der Waals surface area contributed by atoms with E-state index in [1.54, 1.807) is 13.8 Å². The second-order valence-electron chi connectivity index (χ2n) is 4.59. The summed E-state index contributed by atoms with van der Waals surface area (Å²) < 4.78 is 10.5. The number of aryl methyl sites for hydroxylation is 1. The Bertz CT molecular complexity index is 433. The number of aromatic nitrogens is 1. The van der Waals surface area contributed by atoms with E-state index in [0.29, 0.717) is 18.8 Å². The van der Waals surface area contributed by atoms with E-state index in [2.05, 4.69) is 4.98 Å². The van der Waals surface area contributed by atoms with Crippen LogP contribution in [0.4, 0.5) is 0 Å². The van der Waals surface area contributed by atoms with Crippen molar-refractivity contribution in [2.45, 2.75) is 46.3 Å². The first-order valence-electron chi connectivity index (χ1n) is 6.49. The zero-order chi connectivity index (χ0) is 14.4. The van der Waals surface area contributed by atoms with E-state index in [1.165, 1.54) is 0 Å². The predicted octanol–water partition coefficient (Wildman–Crippen LogP) is 1.61. The third-order valence-corrected chi connectivity index (χ3v) is 2.51. The van der Waals surface area contributed by atoms with E-state index >= 15 is 0 Å². The molecule has 1 aromatic heterocycles. The molecule has 2 unspecified atom stereocenters. The van der Waals surface area contributed by atoms with Gasteiger partial charge in [0.15, 0.2) is 6.10 Å². The summed E-state index contributed by atoms with van der Waals surface area (Å²) >= 11 is 0. The summed E-state index contributed by atoms with van der Waals surface area (Å²) in [5, 5.41) is 0. The summed E-state index contributed by atoms with van der Waals surface area (Å²) in [6.07, 6.45) is -0.0525. The first-order valence-corrected chi connectivity index (χ1v) is 6.49. The van der Waals surface area contributed by atoms with Crippen molar-refractivity contribution < 1.29 is 14.3 Å². The third kappa shape index (κ3) is 4.87. The molecule has 0 amide bonds. The van der Waals surface area contributed by atoms with Gasteiger partial charge in [-0.3, -0.25) is 4.98 Å². The van der Waals surface area contributed by atoms with Gasteiger partial charge in [0.1, 0.15) is 5.75 Å². The standard InChI is InChI=1S/C14H22N2O3/c1-5-18-14(17)11(4)19-13-7-6-10(3)16-12(13)8-9(2)15/h6-7,9,11H,5,8,15H2,1-4H3. The number of nitrogens with zero attached hydrogens (tertiary/aromatic N) is 1. The lowest BCUT2D eigenvalue weighted by atomic mass is 10.1. The van der Waals surface area contributed by atoms with Gasteiger partial charge in [-0.2, -0.15) is 0 Å². The number of carbonyl (C=O) groups is 1. The molecule has 0 aliphatic heterocycles. The molecule has 106 valence electrons. The van der Waals surface area contributed by atoms with Crippen molar-refractivity contribution in [2.75, 3.05) is 6.61 Å². The van der Waals surface area contributed by atoms with Gasteiger partial charge in [0, 0.05) is 18.2 Å². The topological polar surface area (TPSA) is 74.4 Å². The van der Waals surface area contributed by atoms with Crippen LogP contribution in [-0.2, 0) is 16.0 Å². The number of nitrogens with two attached hydrogens (primary N) is 1. The molecule has 5 heteroatoms. The minimum atomic E-state index is -0.656. The molecule has 0 spiro atoms. The summed E-state index contributed by atoms with van der Waals surface area (Å²) in [4.78, 5) is 16.0. The van der Waals surface area contributed by atoms with E-state index in [-0.39, 0.29) is 12.0 Å². The van der Waals surface area contributed by atoms with Crippen molar-refractivity contribution in [1.82, 2.24) is 4.98 Å². The van der Waals surface area contributed by atoms with Gasteiger partial charge in [-0.1, -0.05) is 0 Å². The Morgan fingerprint density at radius 1 is 1.42 bits per heavy atom. The van der Waals surface area contributed by atoms with Crippen LogP contribution in [-0.4, -0.2) is 29.7 Å². The summed E-state index contributed by atoms with van der Waals surface area (Å²) in [6.45, 7) is 7.57. The van der Waals surface area contributed by atoms with E-state index in [9.17, 15) is 4.79 Å². The molecule has 0 aliphatic carbocycles. The van der Waals surface area contributed by atoms with Crippen molar-refractivity contribution in [3.8, 4) is 5.75 Å². The Labute approximate surface area is 114 Å². The summed E-state index contributed by atoms with van der Waals surface area (Å²) in [5.74, 6) is 0.207. The summed E-state index contributed by atoms with van der Waals surface area (Å²) in [7, 11) is 0. The van der Waals surface area contributed by atoms with Crippen LogP contribution in [0.2, 0.25) is 0 Å². The maximum atomic E-state index is 11.6. The molecule has 2 atom stereocenters. The van der Waals surface area contributed by atoms with Gasteiger partial charge in [-0.05, 0) is 39.8 Å². The van der Waals surface area contributed by atoms with E-state index in [4.69, 9.17) is 15.2 Å². The molecule has 0 aliphatic rings. The molecule has 19 heavy (non-hydrogen) atoms. The zero-order valence-electron chi connectivity index (χ0n) is 12.0. The third-order valence-electron chi connectivity index (χ3n) is 2.51. The van der Waals surface area contributed by atoms with Gasteiger partial charge in [-0.25, -0.2) is 4.79 Å². The van der Waals surface area contributed by atoms with Gasteiger partial charge >= 0.3 is 5.97 Å². The number of rotatable bonds is 6. The number of ether oxygens (including phenoxy) is 2. The molecular formula is C14H22N2O3. The first kappa shape index (κ1) is 15.4. The molecule has 5 nitrogen and oxygen atoms in total. The van der Waals surface area contributed by atoms with Gasteiger partial charge in [0.2, 0.25) is 0 Å². The second-order valence-corrected chi connectivity index (χ2v) is 4.59. The Kier molecular flexibility index (Phi) is 5.76. The lowest BCUT2D eigenvalue weighted by Crippen LogP contribution is -2.27. The minimum Gasteiger partial charge on any atom is -0.477 e. The van der Waals surface area contributed by atoms with Crippen molar-refractivity contribution >= 4 is 5.97 Å². The monoisotopic (exact) mass is 266 g/mol. The van der Waals surface area contributed by atoms with Crippen molar-refractivity contribution in [3.63, 3.8) is 0 Å². The van der Waals surface area contributed by atoms with Crippen LogP contribution in [0.25, 0.3) is 0 Å². The normalized spacial score (nSPS) is 13.7. The predicted molar refractivity (Wildman–Crippen MR) is 73.1 cm³/mol. The molecule has 0 bridgehead atoms. The number of hydrogen-bond donors (Lipinski definition) is 1. The van der Waals surface area contributed by atoms with Crippen LogP contribution < -0.4 is 10.5 Å². The van der Waals surface area contributed by atoms with Crippen LogP contribution in [0, 0.1) is 6.92 Å². The van der Waals surface area contributed by atoms with E-state index in [0.717, 1.165) is 11.4 Å². The number of hydrogen-bond acceptors (Lipinski definition) is 5. The number of carbonyl (C=O) groups excluding carboxylic acids is 1. The molecule has 0 aromatic carbocycles. The maximum Gasteiger partial charge on any atom is 0.347 e. The Balaban J connectivity index is 2.84. The zero-order valence-corrected chi connectivity index (χ0v) is 12.0. The van der Waals surface area contributed by atoms with Crippen LogP contribution in [0.3, 0.4) is 0 Å². The average molecular weight is 266 g/mol. The van der Waals surface area contributed by atoms with Crippen molar-refractivity contribution in [3.05, 3.63) is 23.5 Å². The number of esters is 1. The molecule has 0 fully saturated rings. The molecular weight excluding hydrogens is 244 g/mol. The minimum absolute atomic E-state index is 0.0189. The lowest BCUT2D eigenvalue weighted by Gasteiger charge is -2.17. The molecule has 0 saturated heterocycles. The second kappa shape index (κ2) is 7.09. The molecule has 0 radical (unpaired) electrons. The molecule has 1 heterocycles. The number of pyridine rings is 1. The smallest absolute Gasteiger partial charge is 0.347 e. The maximum absolute atomic E-state index is 11.6. The highest BCUT2D eigenvalue weighted by molar-refractivity contribution is 5.74. The summed E-state index contributed by atoms with van der Waals surface area (Å²) in [6, 6.07) is 3.64. The van der Waals surface area contributed by atoms with Crippen molar-refractivity contribution in [1.29, 1.82) is 0 Å². The van der Waals surface area contributed by atoms with Gasteiger partial charge in [-0.15, -0.1) is 0 Å². The Morgan fingerprint density at radius 2 is 2.11 bits per heavy atom. The average Bonchev–Trinajstić information content (AvgIpc) is 2.32. The van der Waals surface area contributed by atoms with Crippen LogP contribution in [0.1, 0.15) is 32.2 Å². The quantitative estimate of drug-likeness (QED) is 0.792. The van der Waals surface area contributed by atoms with Crippen molar-refractivity contribution in [2.24, 2.45) is 5.73 Å². The SMILES string of the molecule is CCOC(=O)C(C)Oc1ccc(C)nc1CC(C)N. The summed E-state index contributed by atoms with van der Waals surface area (Å²) in [5.41, 5.74) is 7.46. The van der Waals surface area contributed by atoms with Crippen LogP contribution in [0.5, 0.6) is 5.75 Å². The molecule has 1 rings (SSSR count). The lowest BCUT2D eigenvalue weighted by molar-refractivity contribution is -0.150. The Hall–Kier alpha value is -1.62. The fourth-order valence-corrected chi connectivity index (χ4v) is 1.65. The van der Waals surface area contributed by atoms with E-state index < -0.39 is 6.10 Å². The molecule has 0 saturated carbocycles. The molecule has 2 N–H and O–H groups in total. The van der Waals surface area contributed by atoms with Gasteiger partial charge in [0.25, 0.3) is 0 Å². The van der Waals surface area contributed by atoms with Gasteiger partial charge in [0.05, 0.1) is 12.3 Å². The highest BCUT2D eigenvalue weighted by atomic mass is 16.6. The fraction of sp³-hybridized carbons (Fsp3) is 0.571. The van der Waals surface area contributed by atoms with Crippen LogP contribution >= 0.6 is 0 Å². The first-order chi connectivity index (χ1) is 8.93. The fourth-order valence-electron chi connectivity index (χ4n) is 1.65. The molecule has 1 aromatic rings. The van der Waals surface area contributed by atoms with E-state index in [1.807, 2.05) is 26.0 Å². The largest absolute Gasteiger partial charge is 0.477 e. The van der Waals surface area contributed by atoms with Gasteiger partial charge < -0.3 is 15.2 Å². The van der Waals surface area contributed by atoms with Crippen LogP contribution in [0.15, 0.2) is 12.1 Å². The Morgan fingerprint density at radius 3 is 2.68 bits per heavy atom. The highest BCUT2D eigenvalue weighted by Crippen LogP contribution is 2.20.